The van der Waals surface area contributed by atoms with E-state index in [1.165, 1.54) is 0 Å². The largest absolute Gasteiger partial charge is 0.416 e. The van der Waals surface area contributed by atoms with Crippen LogP contribution in [-0.2, 0) is 6.18 Å². The van der Waals surface area contributed by atoms with Gasteiger partial charge in [0, 0.05) is 5.56 Å². The van der Waals surface area contributed by atoms with E-state index in [1.54, 1.807) is 12.1 Å². The van der Waals surface area contributed by atoms with Crippen molar-refractivity contribution in [3.05, 3.63) is 64.2 Å². The van der Waals surface area contributed by atoms with Crippen LogP contribution < -0.4 is 10.6 Å². The van der Waals surface area contributed by atoms with Crippen LogP contribution in [0.4, 0.5) is 18.9 Å². The maximum absolute atomic E-state index is 12.6. The van der Waals surface area contributed by atoms with E-state index >= 15 is 0 Å². The van der Waals surface area contributed by atoms with E-state index in [1.807, 2.05) is 26.0 Å². The monoisotopic (exact) mass is 400 g/mol. The van der Waals surface area contributed by atoms with E-state index in [4.69, 9.17) is 23.8 Å². The number of halogens is 4. The van der Waals surface area contributed by atoms with Crippen molar-refractivity contribution in [1.29, 1.82) is 0 Å². The first kappa shape index (κ1) is 20.2. The van der Waals surface area contributed by atoms with Crippen molar-refractivity contribution in [3.63, 3.8) is 0 Å². The van der Waals surface area contributed by atoms with E-state index in [2.05, 4.69) is 10.6 Å². The predicted molar refractivity (Wildman–Crippen MR) is 101 cm³/mol. The molecule has 0 aliphatic rings. The van der Waals surface area contributed by atoms with Crippen molar-refractivity contribution < 1.29 is 18.0 Å². The first-order chi connectivity index (χ1) is 12.1. The number of hydrogen-bond acceptors (Lipinski definition) is 2. The molecule has 1 amide bonds. The predicted octanol–water partition coefficient (Wildman–Crippen LogP) is 5.61. The Bertz CT molecular complexity index is 820. The molecule has 0 spiro atoms. The number of carbonyl (C=O) groups excluding carboxylic acids is 1. The maximum atomic E-state index is 12.6. The fraction of sp³-hybridized carbons (Fsp3) is 0.222. The minimum atomic E-state index is -4.49. The molecule has 3 nitrogen and oxygen atoms in total. The zero-order chi connectivity index (χ0) is 19.5. The third-order valence-electron chi connectivity index (χ3n) is 3.61. The number of carbonyl (C=O) groups is 1. The number of rotatable bonds is 3. The Morgan fingerprint density at radius 3 is 2.23 bits per heavy atom. The molecule has 2 aromatic rings. The average Bonchev–Trinajstić information content (AvgIpc) is 2.55. The molecule has 0 aromatic heterocycles. The first-order valence-electron chi connectivity index (χ1n) is 7.67. The molecule has 2 aromatic carbocycles. The Kier molecular flexibility index (Phi) is 6.26. The van der Waals surface area contributed by atoms with Crippen LogP contribution in [0.15, 0.2) is 42.5 Å². The van der Waals surface area contributed by atoms with E-state index in [-0.39, 0.29) is 15.8 Å². The van der Waals surface area contributed by atoms with Gasteiger partial charge in [-0.05, 0) is 54.0 Å². The molecule has 0 unspecified atom stereocenters. The Morgan fingerprint density at radius 1 is 1.12 bits per heavy atom. The third kappa shape index (κ3) is 5.19. The lowest BCUT2D eigenvalue weighted by atomic mass is 10.0. The number of benzene rings is 2. The fourth-order valence-electron chi connectivity index (χ4n) is 2.14. The highest BCUT2D eigenvalue weighted by atomic mass is 35.5. The number of amides is 1. The number of alkyl halides is 3. The molecule has 0 saturated carbocycles. The Morgan fingerprint density at radius 2 is 1.73 bits per heavy atom. The molecule has 26 heavy (non-hydrogen) atoms. The van der Waals surface area contributed by atoms with Gasteiger partial charge in [0.2, 0.25) is 0 Å². The minimum Gasteiger partial charge on any atom is -0.331 e. The van der Waals surface area contributed by atoms with Crippen LogP contribution in [0.25, 0.3) is 0 Å². The van der Waals surface area contributed by atoms with E-state index in [0.29, 0.717) is 11.5 Å². The van der Waals surface area contributed by atoms with Crippen LogP contribution in [-0.4, -0.2) is 11.0 Å². The molecule has 0 radical (unpaired) electrons. The van der Waals surface area contributed by atoms with Crippen LogP contribution in [0.1, 0.15) is 41.3 Å². The van der Waals surface area contributed by atoms with E-state index in [0.717, 1.165) is 23.8 Å². The summed E-state index contributed by atoms with van der Waals surface area (Å²) in [4.78, 5) is 12.2. The van der Waals surface area contributed by atoms with E-state index < -0.39 is 17.6 Å². The number of hydrogen-bond donors (Lipinski definition) is 2. The lowest BCUT2D eigenvalue weighted by Gasteiger charge is -2.13. The van der Waals surface area contributed by atoms with Gasteiger partial charge in [-0.25, -0.2) is 0 Å². The van der Waals surface area contributed by atoms with Gasteiger partial charge in [0.25, 0.3) is 5.91 Å². The molecule has 0 bridgehead atoms. The average molecular weight is 401 g/mol. The fourth-order valence-corrected chi connectivity index (χ4v) is 2.57. The molecule has 0 heterocycles. The van der Waals surface area contributed by atoms with Gasteiger partial charge in [-0.2, -0.15) is 13.2 Å². The molecule has 138 valence electrons. The van der Waals surface area contributed by atoms with Crippen molar-refractivity contribution >= 4 is 40.5 Å². The molecule has 0 atom stereocenters. The maximum Gasteiger partial charge on any atom is 0.416 e. The van der Waals surface area contributed by atoms with Gasteiger partial charge in [-0.3, -0.25) is 10.1 Å². The van der Waals surface area contributed by atoms with Crippen LogP contribution >= 0.6 is 23.8 Å². The minimum absolute atomic E-state index is 0.0652. The van der Waals surface area contributed by atoms with Crippen molar-refractivity contribution in [1.82, 2.24) is 5.32 Å². The summed E-state index contributed by atoms with van der Waals surface area (Å²) < 4.78 is 37.9. The smallest absolute Gasteiger partial charge is 0.331 e. The second-order valence-corrected chi connectivity index (χ2v) is 6.69. The molecule has 2 N–H and O–H groups in total. The molecule has 2 rings (SSSR count). The molecule has 8 heteroatoms. The molecule has 0 aliphatic heterocycles. The van der Waals surface area contributed by atoms with Crippen molar-refractivity contribution in [2.45, 2.75) is 25.9 Å². The van der Waals surface area contributed by atoms with Crippen molar-refractivity contribution in [3.8, 4) is 0 Å². The van der Waals surface area contributed by atoms with E-state index in [9.17, 15) is 18.0 Å². The molecule has 0 aliphatic carbocycles. The first-order valence-corrected chi connectivity index (χ1v) is 8.45. The van der Waals surface area contributed by atoms with Crippen molar-refractivity contribution in [2.24, 2.45) is 0 Å². The zero-order valence-electron chi connectivity index (χ0n) is 13.9. The second kappa shape index (κ2) is 8.05. The lowest BCUT2D eigenvalue weighted by Crippen LogP contribution is -2.34. The third-order valence-corrected chi connectivity index (χ3v) is 4.13. The highest BCUT2D eigenvalue weighted by Gasteiger charge is 2.30. The molecule has 0 saturated heterocycles. The van der Waals surface area contributed by atoms with Gasteiger partial charge < -0.3 is 5.32 Å². The SMILES string of the molecule is CC(C)c1ccc(C(=O)NC(=S)Nc2ccc(C(F)(F)F)cc2Cl)cc1. The Labute approximate surface area is 159 Å². The molecular formula is C18H16ClF3N2OS. The van der Waals surface area contributed by atoms with Crippen LogP contribution in [0.2, 0.25) is 5.02 Å². The lowest BCUT2D eigenvalue weighted by molar-refractivity contribution is -0.137. The van der Waals surface area contributed by atoms with Gasteiger partial charge in [0.1, 0.15) is 0 Å². The van der Waals surface area contributed by atoms with Crippen molar-refractivity contribution in [2.75, 3.05) is 5.32 Å². The Balaban J connectivity index is 2.03. The quantitative estimate of drug-likeness (QED) is 0.658. The molecule has 0 fully saturated rings. The highest BCUT2D eigenvalue weighted by molar-refractivity contribution is 7.80. The summed E-state index contributed by atoms with van der Waals surface area (Å²) in [5, 5.41) is 4.87. The zero-order valence-corrected chi connectivity index (χ0v) is 15.5. The van der Waals surface area contributed by atoms with Gasteiger partial charge >= 0.3 is 6.18 Å². The highest BCUT2D eigenvalue weighted by Crippen LogP contribution is 2.33. The number of anilines is 1. The van der Waals surface area contributed by atoms with Gasteiger partial charge in [-0.1, -0.05) is 37.6 Å². The van der Waals surface area contributed by atoms with Gasteiger partial charge in [0.05, 0.1) is 16.3 Å². The summed E-state index contributed by atoms with van der Waals surface area (Å²) in [7, 11) is 0. The Hall–Kier alpha value is -2.12. The van der Waals surface area contributed by atoms with Crippen LogP contribution in [0.5, 0.6) is 0 Å². The molecular weight excluding hydrogens is 385 g/mol. The summed E-state index contributed by atoms with van der Waals surface area (Å²) in [5.41, 5.74) is 0.809. The summed E-state index contributed by atoms with van der Waals surface area (Å²) in [6, 6.07) is 9.88. The number of nitrogens with one attached hydrogen (secondary N) is 2. The standard InChI is InChI=1S/C18H16ClF3N2OS/c1-10(2)11-3-5-12(6-4-11)16(25)24-17(26)23-15-8-7-13(9-14(15)19)18(20,21)22/h3-10H,1-2H3,(H2,23,24,25,26). The topological polar surface area (TPSA) is 41.1 Å². The van der Waals surface area contributed by atoms with Crippen LogP contribution in [0.3, 0.4) is 0 Å². The van der Waals surface area contributed by atoms with Crippen LogP contribution in [0, 0.1) is 0 Å². The normalized spacial score (nSPS) is 11.3. The van der Waals surface area contributed by atoms with Gasteiger partial charge in [-0.15, -0.1) is 0 Å². The summed E-state index contributed by atoms with van der Waals surface area (Å²) in [6.07, 6.45) is -4.49. The summed E-state index contributed by atoms with van der Waals surface area (Å²) >= 11 is 10.9. The second-order valence-electron chi connectivity index (χ2n) is 5.88. The summed E-state index contributed by atoms with van der Waals surface area (Å²) in [5.74, 6) is -0.0856. The number of thiocarbonyl (C=S) groups is 1. The summed E-state index contributed by atoms with van der Waals surface area (Å²) in [6.45, 7) is 4.09. The van der Waals surface area contributed by atoms with Gasteiger partial charge in [0.15, 0.2) is 5.11 Å².